The molecular weight excluding hydrogens is 640 g/mol. The molecule has 2 atom stereocenters. The summed E-state index contributed by atoms with van der Waals surface area (Å²) < 4.78 is 28.9. The van der Waals surface area contributed by atoms with Crippen LogP contribution in [0.2, 0.25) is 20.1 Å². The van der Waals surface area contributed by atoms with Crippen LogP contribution in [0, 0.1) is 6.92 Å². The fourth-order valence-corrected chi connectivity index (χ4v) is 6.40. The van der Waals surface area contributed by atoms with Crippen molar-refractivity contribution >= 4 is 73.9 Å². The second-order valence-corrected chi connectivity index (χ2v) is 13.5. The molecule has 0 aliphatic rings. The van der Waals surface area contributed by atoms with Crippen LogP contribution in [0.25, 0.3) is 0 Å². The van der Waals surface area contributed by atoms with Crippen LogP contribution < -0.4 is 9.62 Å². The molecule has 1 N–H and O–H groups in total. The van der Waals surface area contributed by atoms with Gasteiger partial charge in [0.15, 0.2) is 0 Å². The maximum atomic E-state index is 14.2. The van der Waals surface area contributed by atoms with Crippen LogP contribution in [0.4, 0.5) is 5.69 Å². The highest BCUT2D eigenvalue weighted by Gasteiger charge is 2.34. The largest absolute Gasteiger partial charge is 0.352 e. The first-order valence-electron chi connectivity index (χ1n) is 13.4. The molecule has 0 aliphatic carbocycles. The van der Waals surface area contributed by atoms with Crippen LogP contribution in [0.15, 0.2) is 65.6 Å². The lowest BCUT2D eigenvalue weighted by molar-refractivity contribution is -0.140. The number of rotatable bonds is 12. The van der Waals surface area contributed by atoms with Gasteiger partial charge in [0.05, 0.1) is 25.7 Å². The number of amides is 2. The van der Waals surface area contributed by atoms with Crippen LogP contribution >= 0.6 is 46.4 Å². The average molecular weight is 673 g/mol. The van der Waals surface area contributed by atoms with Crippen LogP contribution in [-0.4, -0.2) is 43.8 Å². The Morgan fingerprint density at radius 2 is 1.50 bits per heavy atom. The second kappa shape index (κ2) is 14.8. The monoisotopic (exact) mass is 671 g/mol. The molecule has 2 amide bonds. The highest BCUT2D eigenvalue weighted by molar-refractivity contribution is 7.92. The fourth-order valence-electron chi connectivity index (χ4n) is 4.22. The Bertz CT molecular complexity index is 1530. The molecule has 3 rings (SSSR count). The molecule has 226 valence electrons. The summed E-state index contributed by atoms with van der Waals surface area (Å²) >= 11 is 25.1. The smallest absolute Gasteiger partial charge is 0.264 e. The van der Waals surface area contributed by atoms with Crippen LogP contribution in [-0.2, 0) is 26.2 Å². The van der Waals surface area contributed by atoms with E-state index in [0.29, 0.717) is 17.0 Å². The van der Waals surface area contributed by atoms with Crippen molar-refractivity contribution in [2.24, 2.45) is 0 Å². The zero-order valence-electron chi connectivity index (χ0n) is 23.7. The molecule has 0 heterocycles. The molecule has 42 heavy (non-hydrogen) atoms. The predicted octanol–water partition coefficient (Wildman–Crippen LogP) is 7.53. The third kappa shape index (κ3) is 8.32. The number of halogens is 4. The van der Waals surface area contributed by atoms with Gasteiger partial charge in [0.1, 0.15) is 12.6 Å². The van der Waals surface area contributed by atoms with Crippen molar-refractivity contribution in [3.05, 3.63) is 91.9 Å². The van der Waals surface area contributed by atoms with E-state index in [1.54, 1.807) is 37.3 Å². The number of sulfonamides is 1. The molecule has 0 spiro atoms. The molecule has 0 aromatic heterocycles. The average Bonchev–Trinajstić information content (AvgIpc) is 2.94. The first-order valence-corrected chi connectivity index (χ1v) is 16.3. The normalized spacial score (nSPS) is 12.9. The highest BCUT2D eigenvalue weighted by Crippen LogP contribution is 2.33. The van der Waals surface area contributed by atoms with Crippen LogP contribution in [0.5, 0.6) is 0 Å². The number of hydrogen-bond acceptors (Lipinski definition) is 4. The summed E-state index contributed by atoms with van der Waals surface area (Å²) in [6.45, 7) is 6.75. The number of hydrogen-bond donors (Lipinski definition) is 1. The maximum absolute atomic E-state index is 14.2. The summed E-state index contributed by atoms with van der Waals surface area (Å²) in [6, 6.07) is 14.5. The number of nitrogens with one attached hydrogen (secondary N) is 1. The van der Waals surface area contributed by atoms with Gasteiger partial charge >= 0.3 is 0 Å². The Labute approximate surface area is 267 Å². The third-order valence-corrected chi connectivity index (χ3v) is 9.86. The molecule has 0 radical (unpaired) electrons. The number of carbonyl (C=O) groups excluding carboxylic acids is 2. The highest BCUT2D eigenvalue weighted by atomic mass is 35.5. The van der Waals surface area contributed by atoms with E-state index in [4.69, 9.17) is 46.4 Å². The van der Waals surface area contributed by atoms with Crippen molar-refractivity contribution in [2.45, 2.75) is 64.1 Å². The topological polar surface area (TPSA) is 86.8 Å². The Hall–Kier alpha value is -2.49. The van der Waals surface area contributed by atoms with Crippen LogP contribution in [0.3, 0.4) is 0 Å². The summed E-state index contributed by atoms with van der Waals surface area (Å²) in [5, 5.41) is 3.88. The Balaban J connectivity index is 2.12. The van der Waals surface area contributed by atoms with E-state index < -0.39 is 28.5 Å². The van der Waals surface area contributed by atoms with E-state index in [9.17, 15) is 18.0 Å². The number of carbonyl (C=O) groups is 2. The zero-order chi connectivity index (χ0) is 31.2. The molecule has 0 bridgehead atoms. The van der Waals surface area contributed by atoms with Crippen LogP contribution in [0.1, 0.15) is 44.7 Å². The van der Waals surface area contributed by atoms with E-state index >= 15 is 0 Å². The summed E-state index contributed by atoms with van der Waals surface area (Å²) in [5.74, 6) is -0.979. The molecule has 0 saturated heterocycles. The second-order valence-electron chi connectivity index (χ2n) is 9.93. The molecule has 0 aliphatic heterocycles. The molecular formula is C30H33Cl4N3O4S. The first-order chi connectivity index (χ1) is 19.8. The number of anilines is 1. The van der Waals surface area contributed by atoms with Crippen molar-refractivity contribution in [3.8, 4) is 0 Å². The van der Waals surface area contributed by atoms with E-state index in [2.05, 4.69) is 5.32 Å². The number of benzene rings is 3. The van der Waals surface area contributed by atoms with Gasteiger partial charge in [-0.15, -0.1) is 0 Å². The summed E-state index contributed by atoms with van der Waals surface area (Å²) in [5.41, 5.74) is 1.51. The lowest BCUT2D eigenvalue weighted by Crippen LogP contribution is -2.53. The van der Waals surface area contributed by atoms with Gasteiger partial charge in [0.2, 0.25) is 11.8 Å². The van der Waals surface area contributed by atoms with Gasteiger partial charge in [-0.2, -0.15) is 0 Å². The van der Waals surface area contributed by atoms with Crippen molar-refractivity contribution in [2.75, 3.05) is 10.8 Å². The van der Waals surface area contributed by atoms with E-state index in [0.717, 1.165) is 9.87 Å². The van der Waals surface area contributed by atoms with Gasteiger partial charge in [-0.25, -0.2) is 8.42 Å². The first kappa shape index (κ1) is 34.0. The standard InChI is InChI=1S/C30H33Cl4N3O4S/c1-5-20(4)35-30(39)27(6-2)36(17-21-9-13-24(32)26(34)15-21)29(38)18-37(28-16-22(31)10-14-25(28)33)42(40,41)23-11-7-19(3)8-12-23/h7-16,20,27H,5-6,17-18H2,1-4H3,(H,35,39)/t20-,27+/m0/s1. The van der Waals surface area contributed by atoms with Gasteiger partial charge in [-0.1, -0.05) is 84.0 Å². The number of aryl methyl sites for hydroxylation is 1. The molecule has 0 fully saturated rings. The molecule has 12 heteroatoms. The molecule has 3 aromatic carbocycles. The molecule has 7 nitrogen and oxygen atoms in total. The minimum atomic E-state index is -4.30. The molecule has 3 aromatic rings. The van der Waals surface area contributed by atoms with Gasteiger partial charge in [-0.05, 0) is 74.7 Å². The molecule has 0 saturated carbocycles. The lowest BCUT2D eigenvalue weighted by atomic mass is 10.1. The minimum absolute atomic E-state index is 0.0240. The Kier molecular flexibility index (Phi) is 12.0. The number of nitrogens with zero attached hydrogens (tertiary/aromatic N) is 2. The van der Waals surface area contributed by atoms with Gasteiger partial charge < -0.3 is 10.2 Å². The van der Waals surface area contributed by atoms with Crippen molar-refractivity contribution < 1.29 is 18.0 Å². The summed E-state index contributed by atoms with van der Waals surface area (Å²) in [7, 11) is -4.30. The molecule has 0 unspecified atom stereocenters. The van der Waals surface area contributed by atoms with Crippen molar-refractivity contribution in [1.82, 2.24) is 10.2 Å². The van der Waals surface area contributed by atoms with E-state index in [1.165, 1.54) is 35.2 Å². The SMILES string of the molecule is CC[C@H](C(=O)N[C@@H](C)CC)N(Cc1ccc(Cl)c(Cl)c1)C(=O)CN(c1cc(Cl)ccc1Cl)S(=O)(=O)c1ccc(C)cc1. The van der Waals surface area contributed by atoms with Gasteiger partial charge in [0.25, 0.3) is 10.0 Å². The predicted molar refractivity (Wildman–Crippen MR) is 171 cm³/mol. The van der Waals surface area contributed by atoms with Gasteiger partial charge in [0, 0.05) is 17.6 Å². The van der Waals surface area contributed by atoms with E-state index in [-0.39, 0.29) is 50.6 Å². The Morgan fingerprint density at radius 3 is 2.10 bits per heavy atom. The van der Waals surface area contributed by atoms with Crippen molar-refractivity contribution in [3.63, 3.8) is 0 Å². The maximum Gasteiger partial charge on any atom is 0.264 e. The lowest BCUT2D eigenvalue weighted by Gasteiger charge is -2.34. The third-order valence-electron chi connectivity index (χ3n) is 6.79. The van der Waals surface area contributed by atoms with Gasteiger partial charge in [-0.3, -0.25) is 13.9 Å². The van der Waals surface area contributed by atoms with Crippen molar-refractivity contribution in [1.29, 1.82) is 0 Å². The summed E-state index contributed by atoms with van der Waals surface area (Å²) in [6.07, 6.45) is 0.969. The minimum Gasteiger partial charge on any atom is -0.352 e. The quantitative estimate of drug-likeness (QED) is 0.216. The fraction of sp³-hybridized carbons (Fsp3) is 0.333. The van der Waals surface area contributed by atoms with E-state index in [1.807, 2.05) is 20.8 Å². The zero-order valence-corrected chi connectivity index (χ0v) is 27.5. The Morgan fingerprint density at radius 1 is 0.857 bits per heavy atom. The summed E-state index contributed by atoms with van der Waals surface area (Å²) in [4.78, 5) is 28.9.